The minimum Gasteiger partial charge on any atom is -0.387 e. The third-order valence-corrected chi connectivity index (χ3v) is 2.83. The molecule has 1 heterocycles. The van der Waals surface area contributed by atoms with Crippen molar-refractivity contribution in [3.05, 3.63) is 35.1 Å². The van der Waals surface area contributed by atoms with Crippen LogP contribution in [0.2, 0.25) is 0 Å². The Balaban J connectivity index is 2.26. The van der Waals surface area contributed by atoms with Crippen LogP contribution in [0.5, 0.6) is 0 Å². The van der Waals surface area contributed by atoms with Crippen molar-refractivity contribution in [1.29, 1.82) is 0 Å². The van der Waals surface area contributed by atoms with Gasteiger partial charge in [0, 0.05) is 6.04 Å². The van der Waals surface area contributed by atoms with E-state index in [0.29, 0.717) is 0 Å². The van der Waals surface area contributed by atoms with Crippen molar-refractivity contribution >= 4 is 0 Å². The first kappa shape index (κ1) is 11.4. The number of rotatable bonds is 2. The molecular formula is C11H12F3NO. The van der Waals surface area contributed by atoms with Crippen LogP contribution in [0, 0.1) is 17.5 Å². The Bertz CT molecular complexity index is 368. The summed E-state index contributed by atoms with van der Waals surface area (Å²) in [7, 11) is 0. The van der Waals surface area contributed by atoms with Crippen LogP contribution in [-0.4, -0.2) is 17.7 Å². The van der Waals surface area contributed by atoms with E-state index < -0.39 is 23.6 Å². The van der Waals surface area contributed by atoms with Crippen molar-refractivity contribution in [1.82, 2.24) is 5.32 Å². The fourth-order valence-corrected chi connectivity index (χ4v) is 1.96. The van der Waals surface area contributed by atoms with Gasteiger partial charge >= 0.3 is 0 Å². The molecule has 0 unspecified atom stereocenters. The SMILES string of the molecule is O[C@@H](c1cc(F)c(F)c(F)c1)[C@H]1CCCN1. The van der Waals surface area contributed by atoms with Crippen molar-refractivity contribution in [2.75, 3.05) is 6.54 Å². The van der Waals surface area contributed by atoms with E-state index in [-0.39, 0.29) is 11.6 Å². The molecule has 1 aromatic carbocycles. The summed E-state index contributed by atoms with van der Waals surface area (Å²) in [6, 6.07) is 1.45. The molecule has 1 aliphatic rings. The van der Waals surface area contributed by atoms with Gasteiger partial charge in [0.05, 0.1) is 6.10 Å². The Kier molecular flexibility index (Phi) is 3.16. The van der Waals surface area contributed by atoms with Gasteiger partial charge in [0.15, 0.2) is 17.5 Å². The molecule has 16 heavy (non-hydrogen) atoms. The van der Waals surface area contributed by atoms with Gasteiger partial charge in [-0.2, -0.15) is 0 Å². The summed E-state index contributed by atoms with van der Waals surface area (Å²) in [5.74, 6) is -4.05. The molecule has 1 aromatic rings. The van der Waals surface area contributed by atoms with Crippen LogP contribution in [0.4, 0.5) is 13.2 Å². The van der Waals surface area contributed by atoms with Crippen molar-refractivity contribution in [3.8, 4) is 0 Å². The lowest BCUT2D eigenvalue weighted by Gasteiger charge is -2.18. The fraction of sp³-hybridized carbons (Fsp3) is 0.455. The highest BCUT2D eigenvalue weighted by molar-refractivity contribution is 5.23. The maximum absolute atomic E-state index is 12.9. The van der Waals surface area contributed by atoms with E-state index in [9.17, 15) is 18.3 Å². The van der Waals surface area contributed by atoms with Crippen molar-refractivity contribution in [3.63, 3.8) is 0 Å². The molecule has 0 saturated carbocycles. The maximum atomic E-state index is 12.9. The van der Waals surface area contributed by atoms with Gasteiger partial charge in [-0.15, -0.1) is 0 Å². The van der Waals surface area contributed by atoms with E-state index in [1.807, 2.05) is 0 Å². The molecule has 2 rings (SSSR count). The van der Waals surface area contributed by atoms with E-state index in [2.05, 4.69) is 5.32 Å². The largest absolute Gasteiger partial charge is 0.387 e. The smallest absolute Gasteiger partial charge is 0.194 e. The second-order valence-electron chi connectivity index (χ2n) is 3.95. The van der Waals surface area contributed by atoms with Gasteiger partial charge in [-0.1, -0.05) is 0 Å². The fourth-order valence-electron chi connectivity index (χ4n) is 1.96. The molecule has 2 N–H and O–H groups in total. The average Bonchev–Trinajstić information content (AvgIpc) is 2.77. The highest BCUT2D eigenvalue weighted by Gasteiger charge is 2.25. The van der Waals surface area contributed by atoms with Gasteiger partial charge in [-0.3, -0.25) is 0 Å². The molecule has 88 valence electrons. The quantitative estimate of drug-likeness (QED) is 0.762. The molecule has 0 bridgehead atoms. The minimum atomic E-state index is -1.50. The first-order valence-corrected chi connectivity index (χ1v) is 5.15. The standard InChI is InChI=1S/C11H12F3NO/c12-7-4-6(5-8(13)10(7)14)11(16)9-2-1-3-15-9/h4-5,9,11,15-16H,1-3H2/t9-,11+/m1/s1. The van der Waals surface area contributed by atoms with E-state index in [4.69, 9.17) is 0 Å². The van der Waals surface area contributed by atoms with Gasteiger partial charge in [-0.25, -0.2) is 13.2 Å². The zero-order valence-electron chi connectivity index (χ0n) is 8.51. The van der Waals surface area contributed by atoms with Gasteiger partial charge in [0.1, 0.15) is 0 Å². The zero-order valence-corrected chi connectivity index (χ0v) is 8.51. The Labute approximate surface area is 91.1 Å². The van der Waals surface area contributed by atoms with Crippen LogP contribution in [0.25, 0.3) is 0 Å². The summed E-state index contributed by atoms with van der Waals surface area (Å²) < 4.78 is 38.6. The molecular weight excluding hydrogens is 219 g/mol. The highest BCUT2D eigenvalue weighted by Crippen LogP contribution is 2.25. The average molecular weight is 231 g/mol. The number of hydrogen-bond donors (Lipinski definition) is 2. The monoisotopic (exact) mass is 231 g/mol. The normalized spacial score (nSPS) is 22.4. The van der Waals surface area contributed by atoms with Crippen LogP contribution >= 0.6 is 0 Å². The van der Waals surface area contributed by atoms with E-state index in [1.54, 1.807) is 0 Å². The van der Waals surface area contributed by atoms with Crippen LogP contribution in [-0.2, 0) is 0 Å². The minimum absolute atomic E-state index is 0.0656. The summed E-state index contributed by atoms with van der Waals surface area (Å²) in [4.78, 5) is 0. The van der Waals surface area contributed by atoms with E-state index in [1.165, 1.54) is 0 Å². The summed E-state index contributed by atoms with van der Waals surface area (Å²) in [5, 5.41) is 12.9. The number of hydrogen-bond acceptors (Lipinski definition) is 2. The molecule has 0 amide bonds. The Morgan fingerprint density at radius 3 is 2.38 bits per heavy atom. The van der Waals surface area contributed by atoms with Crippen molar-refractivity contribution in [2.45, 2.75) is 25.0 Å². The molecule has 0 radical (unpaired) electrons. The highest BCUT2D eigenvalue weighted by atomic mass is 19.2. The molecule has 2 atom stereocenters. The lowest BCUT2D eigenvalue weighted by molar-refractivity contribution is 0.136. The Morgan fingerprint density at radius 1 is 1.25 bits per heavy atom. The van der Waals surface area contributed by atoms with Crippen LogP contribution in [0.3, 0.4) is 0 Å². The molecule has 1 fully saturated rings. The molecule has 5 heteroatoms. The Morgan fingerprint density at radius 2 is 1.88 bits per heavy atom. The lowest BCUT2D eigenvalue weighted by Crippen LogP contribution is -2.28. The number of aliphatic hydroxyl groups excluding tert-OH is 1. The zero-order chi connectivity index (χ0) is 11.7. The predicted octanol–water partition coefficient (Wildman–Crippen LogP) is 1.89. The molecule has 0 aromatic heterocycles. The second kappa shape index (κ2) is 4.43. The lowest BCUT2D eigenvalue weighted by atomic mass is 10.0. The van der Waals surface area contributed by atoms with Gasteiger partial charge < -0.3 is 10.4 Å². The van der Waals surface area contributed by atoms with Gasteiger partial charge in [0.2, 0.25) is 0 Å². The summed E-state index contributed by atoms with van der Waals surface area (Å²) >= 11 is 0. The van der Waals surface area contributed by atoms with Crippen LogP contribution in [0.1, 0.15) is 24.5 Å². The third kappa shape index (κ3) is 2.05. The van der Waals surface area contributed by atoms with Gasteiger partial charge in [-0.05, 0) is 37.1 Å². The second-order valence-corrected chi connectivity index (χ2v) is 3.95. The van der Waals surface area contributed by atoms with Crippen molar-refractivity contribution in [2.24, 2.45) is 0 Å². The molecule has 2 nitrogen and oxygen atoms in total. The maximum Gasteiger partial charge on any atom is 0.194 e. The number of nitrogens with one attached hydrogen (secondary N) is 1. The van der Waals surface area contributed by atoms with E-state index in [0.717, 1.165) is 31.5 Å². The number of benzene rings is 1. The predicted molar refractivity (Wildman–Crippen MR) is 52.3 cm³/mol. The Hall–Kier alpha value is -1.07. The topological polar surface area (TPSA) is 32.3 Å². The molecule has 0 spiro atoms. The van der Waals surface area contributed by atoms with Crippen LogP contribution < -0.4 is 5.32 Å². The number of aliphatic hydroxyl groups is 1. The van der Waals surface area contributed by atoms with E-state index >= 15 is 0 Å². The first-order chi connectivity index (χ1) is 7.59. The number of halogens is 3. The van der Waals surface area contributed by atoms with Crippen molar-refractivity contribution < 1.29 is 18.3 Å². The summed E-state index contributed by atoms with van der Waals surface area (Å²) in [6.45, 7) is 0.772. The summed E-state index contributed by atoms with van der Waals surface area (Å²) in [6.07, 6.45) is 0.641. The summed E-state index contributed by atoms with van der Waals surface area (Å²) in [5.41, 5.74) is 0.0656. The third-order valence-electron chi connectivity index (χ3n) is 2.83. The molecule has 0 aliphatic carbocycles. The van der Waals surface area contributed by atoms with Gasteiger partial charge in [0.25, 0.3) is 0 Å². The molecule has 1 saturated heterocycles. The molecule has 1 aliphatic heterocycles. The first-order valence-electron chi connectivity index (χ1n) is 5.15. The van der Waals surface area contributed by atoms with Crippen LogP contribution in [0.15, 0.2) is 12.1 Å².